The van der Waals surface area contributed by atoms with E-state index in [1.54, 1.807) is 6.07 Å². The number of hydrogen-bond acceptors (Lipinski definition) is 3. The van der Waals surface area contributed by atoms with Gasteiger partial charge in [0, 0.05) is 17.8 Å². The van der Waals surface area contributed by atoms with Crippen LogP contribution in [0.15, 0.2) is 30.9 Å². The zero-order chi connectivity index (χ0) is 14.7. The molecular formula is C16H21N3O. The molecule has 4 nitrogen and oxygen atoms in total. The van der Waals surface area contributed by atoms with E-state index in [1.807, 2.05) is 31.7 Å². The van der Waals surface area contributed by atoms with Crippen molar-refractivity contribution in [2.75, 3.05) is 0 Å². The Balaban J connectivity index is 2.33. The second-order valence-electron chi connectivity index (χ2n) is 5.24. The first-order valence-electron chi connectivity index (χ1n) is 6.95. The third-order valence-corrected chi connectivity index (χ3v) is 3.51. The summed E-state index contributed by atoms with van der Waals surface area (Å²) in [6.45, 7) is 9.51. The van der Waals surface area contributed by atoms with Gasteiger partial charge in [-0.25, -0.2) is 9.97 Å². The summed E-state index contributed by atoms with van der Waals surface area (Å²) in [7, 11) is 0. The molecule has 4 heteroatoms. The van der Waals surface area contributed by atoms with Crippen molar-refractivity contribution in [2.45, 2.75) is 45.7 Å². The fourth-order valence-corrected chi connectivity index (χ4v) is 2.68. The minimum atomic E-state index is -0.0256. The molecule has 2 rings (SSSR count). The summed E-state index contributed by atoms with van der Waals surface area (Å²) < 4.78 is 0. The lowest BCUT2D eigenvalue weighted by atomic mass is 9.99. The van der Waals surface area contributed by atoms with Crippen LogP contribution in [0.3, 0.4) is 0 Å². The predicted octanol–water partition coefficient (Wildman–Crippen LogP) is 2.83. The zero-order valence-electron chi connectivity index (χ0n) is 12.3. The Kier molecular flexibility index (Phi) is 4.32. The topological polar surface area (TPSA) is 46.1 Å². The minimum Gasteiger partial charge on any atom is -0.328 e. The van der Waals surface area contributed by atoms with Gasteiger partial charge in [0.1, 0.15) is 11.5 Å². The fourth-order valence-electron chi connectivity index (χ4n) is 2.68. The van der Waals surface area contributed by atoms with Crippen molar-refractivity contribution in [1.82, 2.24) is 14.9 Å². The Morgan fingerprint density at radius 3 is 2.90 bits per heavy atom. The van der Waals surface area contributed by atoms with Gasteiger partial charge in [0.2, 0.25) is 0 Å². The standard InChI is InChI=1S/C16H21N3O/c1-5-7-14-9-6-8-12(3)19(14)16(20)15-10-11(2)17-13(4)18-15/h5-6,8,10,12,14H,1,7,9H2,2-4H3/t12-,14-/m1/s1. The summed E-state index contributed by atoms with van der Waals surface area (Å²) >= 11 is 0. The van der Waals surface area contributed by atoms with E-state index in [9.17, 15) is 4.79 Å². The third-order valence-electron chi connectivity index (χ3n) is 3.51. The monoisotopic (exact) mass is 271 g/mol. The second-order valence-corrected chi connectivity index (χ2v) is 5.24. The molecule has 20 heavy (non-hydrogen) atoms. The van der Waals surface area contributed by atoms with Crippen molar-refractivity contribution in [1.29, 1.82) is 0 Å². The Hall–Kier alpha value is -1.97. The number of hydrogen-bond donors (Lipinski definition) is 0. The lowest BCUT2D eigenvalue weighted by Gasteiger charge is -2.37. The van der Waals surface area contributed by atoms with Crippen LogP contribution >= 0.6 is 0 Å². The predicted molar refractivity (Wildman–Crippen MR) is 79.5 cm³/mol. The van der Waals surface area contributed by atoms with Crippen LogP contribution in [-0.4, -0.2) is 32.9 Å². The van der Waals surface area contributed by atoms with Crippen molar-refractivity contribution in [3.63, 3.8) is 0 Å². The van der Waals surface area contributed by atoms with Gasteiger partial charge in [-0.1, -0.05) is 18.2 Å². The van der Waals surface area contributed by atoms with Crippen LogP contribution in [0.2, 0.25) is 0 Å². The Morgan fingerprint density at radius 1 is 1.50 bits per heavy atom. The van der Waals surface area contributed by atoms with Gasteiger partial charge in [-0.2, -0.15) is 0 Å². The van der Waals surface area contributed by atoms with Gasteiger partial charge in [-0.3, -0.25) is 4.79 Å². The van der Waals surface area contributed by atoms with E-state index in [-0.39, 0.29) is 18.0 Å². The molecule has 0 saturated heterocycles. The number of carbonyl (C=O) groups is 1. The molecule has 0 saturated carbocycles. The molecule has 1 aromatic rings. The minimum absolute atomic E-state index is 0.0256. The molecule has 1 amide bonds. The van der Waals surface area contributed by atoms with Crippen molar-refractivity contribution < 1.29 is 4.79 Å². The van der Waals surface area contributed by atoms with Crippen LogP contribution in [-0.2, 0) is 0 Å². The van der Waals surface area contributed by atoms with Gasteiger partial charge >= 0.3 is 0 Å². The molecule has 0 bridgehead atoms. The van der Waals surface area contributed by atoms with E-state index in [0.717, 1.165) is 18.5 Å². The first-order valence-corrected chi connectivity index (χ1v) is 6.95. The van der Waals surface area contributed by atoms with Crippen molar-refractivity contribution >= 4 is 5.91 Å². The highest BCUT2D eigenvalue weighted by Crippen LogP contribution is 2.22. The van der Waals surface area contributed by atoms with Crippen LogP contribution < -0.4 is 0 Å². The van der Waals surface area contributed by atoms with Gasteiger partial charge in [-0.15, -0.1) is 6.58 Å². The molecule has 1 aliphatic rings. The molecule has 1 aromatic heterocycles. The highest BCUT2D eigenvalue weighted by molar-refractivity contribution is 5.93. The SMILES string of the molecule is C=CC[C@@H]1CC=C[C@@H](C)N1C(=O)c1cc(C)nc(C)n1. The number of rotatable bonds is 3. The van der Waals surface area contributed by atoms with Crippen molar-refractivity contribution in [3.8, 4) is 0 Å². The van der Waals surface area contributed by atoms with Gasteiger partial charge in [0.25, 0.3) is 5.91 Å². The molecule has 1 aliphatic heterocycles. The van der Waals surface area contributed by atoms with Crippen molar-refractivity contribution in [2.24, 2.45) is 0 Å². The van der Waals surface area contributed by atoms with Crippen LogP contribution in [0.5, 0.6) is 0 Å². The summed E-state index contributed by atoms with van der Waals surface area (Å²) in [5, 5.41) is 0. The molecule has 0 aromatic carbocycles. The average Bonchev–Trinajstić information content (AvgIpc) is 2.37. The maximum atomic E-state index is 12.8. The summed E-state index contributed by atoms with van der Waals surface area (Å²) in [5.74, 6) is 0.608. The Bertz CT molecular complexity index is 530. The fraction of sp³-hybridized carbons (Fsp3) is 0.438. The second kappa shape index (κ2) is 5.99. The van der Waals surface area contributed by atoms with Gasteiger partial charge in [0.15, 0.2) is 0 Å². The van der Waals surface area contributed by atoms with Crippen molar-refractivity contribution in [3.05, 3.63) is 48.1 Å². The van der Waals surface area contributed by atoms with Gasteiger partial charge < -0.3 is 4.90 Å². The zero-order valence-corrected chi connectivity index (χ0v) is 12.3. The molecule has 0 radical (unpaired) electrons. The summed E-state index contributed by atoms with van der Waals surface area (Å²) in [5.41, 5.74) is 1.30. The van der Waals surface area contributed by atoms with E-state index < -0.39 is 0 Å². The third kappa shape index (κ3) is 2.95. The summed E-state index contributed by atoms with van der Waals surface area (Å²) in [6.07, 6.45) is 7.74. The van der Waals surface area contributed by atoms with Gasteiger partial charge in [-0.05, 0) is 39.7 Å². The average molecular weight is 271 g/mol. The molecule has 2 atom stereocenters. The maximum Gasteiger partial charge on any atom is 0.273 e. The summed E-state index contributed by atoms with van der Waals surface area (Å²) in [4.78, 5) is 23.2. The normalized spacial score (nSPS) is 21.9. The molecule has 0 spiro atoms. The first kappa shape index (κ1) is 14.4. The van der Waals surface area contributed by atoms with E-state index in [4.69, 9.17) is 0 Å². The number of aryl methyl sites for hydroxylation is 2. The molecular weight excluding hydrogens is 250 g/mol. The molecule has 2 heterocycles. The number of carbonyl (C=O) groups excluding carboxylic acids is 1. The van der Waals surface area contributed by atoms with Crippen LogP contribution in [0.1, 0.15) is 41.8 Å². The van der Waals surface area contributed by atoms with E-state index in [0.29, 0.717) is 11.5 Å². The summed E-state index contributed by atoms with van der Waals surface area (Å²) in [6, 6.07) is 2.00. The molecule has 0 unspecified atom stereocenters. The smallest absolute Gasteiger partial charge is 0.273 e. The highest BCUT2D eigenvalue weighted by atomic mass is 16.2. The maximum absolute atomic E-state index is 12.8. The van der Waals surface area contributed by atoms with E-state index in [2.05, 4.69) is 28.7 Å². The molecule has 0 fully saturated rings. The Labute approximate surface area is 120 Å². The lowest BCUT2D eigenvalue weighted by Crippen LogP contribution is -2.47. The molecule has 0 N–H and O–H groups in total. The van der Waals surface area contributed by atoms with E-state index in [1.165, 1.54) is 0 Å². The van der Waals surface area contributed by atoms with Crippen LogP contribution in [0, 0.1) is 13.8 Å². The van der Waals surface area contributed by atoms with Gasteiger partial charge in [0.05, 0.1) is 0 Å². The van der Waals surface area contributed by atoms with Crippen LogP contribution in [0.25, 0.3) is 0 Å². The largest absolute Gasteiger partial charge is 0.328 e. The lowest BCUT2D eigenvalue weighted by molar-refractivity contribution is 0.0615. The Morgan fingerprint density at radius 2 is 2.25 bits per heavy atom. The number of nitrogens with zero attached hydrogens (tertiary/aromatic N) is 3. The first-order chi connectivity index (χ1) is 9.52. The van der Waals surface area contributed by atoms with E-state index >= 15 is 0 Å². The highest BCUT2D eigenvalue weighted by Gasteiger charge is 2.30. The quantitative estimate of drug-likeness (QED) is 0.794. The van der Waals surface area contributed by atoms with Crippen LogP contribution in [0.4, 0.5) is 0 Å². The number of aromatic nitrogens is 2. The number of amides is 1. The molecule has 0 aliphatic carbocycles. The molecule has 106 valence electrons.